The van der Waals surface area contributed by atoms with Crippen LogP contribution in [0.15, 0.2) is 0 Å². The largest absolute Gasteiger partial charge is 0.316 e. The van der Waals surface area contributed by atoms with E-state index in [0.29, 0.717) is 13.1 Å². The van der Waals surface area contributed by atoms with Crippen molar-refractivity contribution < 1.29 is 8.78 Å². The average molecular weight is 189 g/mol. The zero-order valence-corrected chi connectivity index (χ0v) is 7.86. The minimum absolute atomic E-state index is 0.0359. The van der Waals surface area contributed by atoms with E-state index in [-0.39, 0.29) is 18.3 Å². The van der Waals surface area contributed by atoms with Gasteiger partial charge in [0.15, 0.2) is 0 Å². The Kier molecular flexibility index (Phi) is 2.54. The molecule has 1 saturated heterocycles. The predicted octanol–water partition coefficient (Wildman–Crippen LogP) is 2.42. The molecule has 1 nitrogen and oxygen atoms in total. The van der Waals surface area contributed by atoms with Crippen LogP contribution >= 0.6 is 0 Å². The van der Waals surface area contributed by atoms with Crippen molar-refractivity contribution in [2.45, 2.75) is 38.0 Å². The van der Waals surface area contributed by atoms with E-state index in [1.54, 1.807) is 0 Å². The van der Waals surface area contributed by atoms with Crippen LogP contribution in [-0.4, -0.2) is 19.0 Å². The lowest BCUT2D eigenvalue weighted by atomic mass is 9.82. The van der Waals surface area contributed by atoms with Crippen molar-refractivity contribution in [2.24, 2.45) is 11.8 Å². The van der Waals surface area contributed by atoms with Crippen LogP contribution in [0.25, 0.3) is 0 Å². The lowest BCUT2D eigenvalue weighted by molar-refractivity contribution is -0.0979. The van der Waals surface area contributed by atoms with Crippen LogP contribution in [-0.2, 0) is 0 Å². The van der Waals surface area contributed by atoms with Crippen molar-refractivity contribution in [3.8, 4) is 0 Å². The molecule has 1 aliphatic heterocycles. The Hall–Kier alpha value is -0.180. The third-order valence-corrected chi connectivity index (χ3v) is 3.51. The molecule has 1 aliphatic carbocycles. The first kappa shape index (κ1) is 9.38. The molecule has 1 unspecified atom stereocenters. The van der Waals surface area contributed by atoms with Crippen LogP contribution in [0.2, 0.25) is 0 Å². The fraction of sp³-hybridized carbons (Fsp3) is 1.00. The van der Waals surface area contributed by atoms with E-state index < -0.39 is 5.92 Å². The Labute approximate surface area is 77.9 Å². The summed E-state index contributed by atoms with van der Waals surface area (Å²) in [5.41, 5.74) is 0. The van der Waals surface area contributed by atoms with Crippen LogP contribution in [0.1, 0.15) is 32.1 Å². The molecular formula is C10H17F2N. The van der Waals surface area contributed by atoms with E-state index in [0.717, 1.165) is 25.7 Å². The summed E-state index contributed by atoms with van der Waals surface area (Å²) in [5.74, 6) is -2.51. The molecule has 0 bridgehead atoms. The monoisotopic (exact) mass is 189 g/mol. The lowest BCUT2D eigenvalue weighted by Crippen LogP contribution is -2.47. The third kappa shape index (κ3) is 1.85. The summed E-state index contributed by atoms with van der Waals surface area (Å²) in [6.45, 7) is 1.01. The fourth-order valence-electron chi connectivity index (χ4n) is 2.72. The molecule has 0 amide bonds. The number of rotatable bonds is 1. The molecule has 0 aromatic rings. The molecule has 2 fully saturated rings. The number of halogens is 2. The van der Waals surface area contributed by atoms with Crippen molar-refractivity contribution in [1.29, 1.82) is 0 Å². The van der Waals surface area contributed by atoms with E-state index in [4.69, 9.17) is 0 Å². The molecule has 13 heavy (non-hydrogen) atoms. The summed E-state index contributed by atoms with van der Waals surface area (Å²) < 4.78 is 27.0. The van der Waals surface area contributed by atoms with Crippen molar-refractivity contribution in [3.63, 3.8) is 0 Å². The maximum atomic E-state index is 13.5. The molecule has 76 valence electrons. The van der Waals surface area contributed by atoms with Crippen LogP contribution < -0.4 is 5.32 Å². The van der Waals surface area contributed by atoms with E-state index in [1.165, 1.54) is 0 Å². The Morgan fingerprint density at radius 2 is 1.85 bits per heavy atom. The van der Waals surface area contributed by atoms with Gasteiger partial charge >= 0.3 is 0 Å². The fourth-order valence-corrected chi connectivity index (χ4v) is 2.72. The Balaban J connectivity index is 2.02. The smallest absolute Gasteiger partial charge is 0.253 e. The van der Waals surface area contributed by atoms with Gasteiger partial charge in [0.05, 0.1) is 0 Å². The number of hydrogen-bond acceptors (Lipinski definition) is 1. The van der Waals surface area contributed by atoms with Gasteiger partial charge in [-0.1, -0.05) is 12.8 Å². The molecule has 1 N–H and O–H groups in total. The van der Waals surface area contributed by atoms with Gasteiger partial charge in [0, 0.05) is 25.4 Å². The highest BCUT2D eigenvalue weighted by Crippen LogP contribution is 2.42. The molecular weight excluding hydrogens is 172 g/mol. The molecule has 0 spiro atoms. The van der Waals surface area contributed by atoms with Crippen LogP contribution in [0.3, 0.4) is 0 Å². The average Bonchev–Trinajstić information content (AvgIpc) is 2.55. The highest BCUT2D eigenvalue weighted by Gasteiger charge is 2.45. The quantitative estimate of drug-likeness (QED) is 0.668. The van der Waals surface area contributed by atoms with E-state index >= 15 is 0 Å². The standard InChI is InChI=1S/C10H17F2N/c11-10(12)5-6-13-7-9(10)8-3-1-2-4-8/h8-9,13H,1-7H2. The molecule has 1 heterocycles. The van der Waals surface area contributed by atoms with Crippen LogP contribution in [0.5, 0.6) is 0 Å². The molecule has 0 aromatic heterocycles. The molecule has 2 rings (SSSR count). The van der Waals surface area contributed by atoms with Gasteiger partial charge in [0.2, 0.25) is 0 Å². The Morgan fingerprint density at radius 1 is 1.15 bits per heavy atom. The molecule has 1 saturated carbocycles. The zero-order valence-electron chi connectivity index (χ0n) is 7.86. The van der Waals surface area contributed by atoms with Gasteiger partial charge in [-0.25, -0.2) is 8.78 Å². The SMILES string of the molecule is FC1(F)CCNCC1C1CCCC1. The van der Waals surface area contributed by atoms with E-state index in [1.807, 2.05) is 0 Å². The molecule has 0 aromatic carbocycles. The second-order valence-electron chi connectivity index (χ2n) is 4.37. The zero-order chi connectivity index (χ0) is 9.31. The highest BCUT2D eigenvalue weighted by molar-refractivity contribution is 4.90. The number of alkyl halides is 2. The molecule has 0 radical (unpaired) electrons. The summed E-state index contributed by atoms with van der Waals surface area (Å²) >= 11 is 0. The van der Waals surface area contributed by atoms with Crippen molar-refractivity contribution in [2.75, 3.05) is 13.1 Å². The minimum atomic E-state index is -2.40. The van der Waals surface area contributed by atoms with Gasteiger partial charge in [-0.05, 0) is 18.8 Å². The normalized spacial score (nSPS) is 35.1. The molecule has 2 aliphatic rings. The summed E-state index contributed by atoms with van der Waals surface area (Å²) in [6, 6.07) is 0. The Bertz CT molecular complexity index is 176. The van der Waals surface area contributed by atoms with Crippen LogP contribution in [0, 0.1) is 11.8 Å². The first-order valence-electron chi connectivity index (χ1n) is 5.29. The third-order valence-electron chi connectivity index (χ3n) is 3.51. The number of hydrogen-bond donors (Lipinski definition) is 1. The summed E-state index contributed by atoms with van der Waals surface area (Å²) in [6.07, 6.45) is 4.37. The number of nitrogens with one attached hydrogen (secondary N) is 1. The van der Waals surface area contributed by atoms with Crippen molar-refractivity contribution >= 4 is 0 Å². The molecule has 3 heteroatoms. The van der Waals surface area contributed by atoms with E-state index in [9.17, 15) is 8.78 Å². The van der Waals surface area contributed by atoms with E-state index in [2.05, 4.69) is 5.32 Å². The second kappa shape index (κ2) is 3.52. The van der Waals surface area contributed by atoms with Gasteiger partial charge in [0.25, 0.3) is 5.92 Å². The lowest BCUT2D eigenvalue weighted by Gasteiger charge is -2.35. The molecule has 1 atom stereocenters. The summed E-state index contributed by atoms with van der Waals surface area (Å²) in [7, 11) is 0. The predicted molar refractivity (Wildman–Crippen MR) is 47.9 cm³/mol. The first-order chi connectivity index (χ1) is 6.20. The second-order valence-corrected chi connectivity index (χ2v) is 4.37. The summed E-state index contributed by atoms with van der Waals surface area (Å²) in [5, 5.41) is 3.09. The van der Waals surface area contributed by atoms with Gasteiger partial charge < -0.3 is 5.32 Å². The summed E-state index contributed by atoms with van der Waals surface area (Å²) in [4.78, 5) is 0. The van der Waals surface area contributed by atoms with Gasteiger partial charge in [-0.2, -0.15) is 0 Å². The maximum Gasteiger partial charge on any atom is 0.253 e. The van der Waals surface area contributed by atoms with Gasteiger partial charge in [-0.15, -0.1) is 0 Å². The van der Waals surface area contributed by atoms with Crippen molar-refractivity contribution in [1.82, 2.24) is 5.32 Å². The van der Waals surface area contributed by atoms with Crippen LogP contribution in [0.4, 0.5) is 8.78 Å². The highest BCUT2D eigenvalue weighted by atomic mass is 19.3. The minimum Gasteiger partial charge on any atom is -0.316 e. The topological polar surface area (TPSA) is 12.0 Å². The number of piperidine rings is 1. The maximum absolute atomic E-state index is 13.5. The first-order valence-corrected chi connectivity index (χ1v) is 5.29. The van der Waals surface area contributed by atoms with Gasteiger partial charge in [-0.3, -0.25) is 0 Å². The van der Waals surface area contributed by atoms with Crippen molar-refractivity contribution in [3.05, 3.63) is 0 Å². The van der Waals surface area contributed by atoms with Gasteiger partial charge in [0.1, 0.15) is 0 Å². The Morgan fingerprint density at radius 3 is 2.46 bits per heavy atom.